The van der Waals surface area contributed by atoms with Crippen LogP contribution in [0.25, 0.3) is 0 Å². The normalized spacial score (nSPS) is 19.4. The van der Waals surface area contributed by atoms with Crippen LogP contribution < -0.4 is 10.6 Å². The van der Waals surface area contributed by atoms with E-state index in [1.807, 2.05) is 0 Å². The van der Waals surface area contributed by atoms with Crippen molar-refractivity contribution >= 4 is 11.7 Å². The van der Waals surface area contributed by atoms with Gasteiger partial charge in [-0.25, -0.2) is 4.98 Å². The molecule has 1 saturated heterocycles. The third kappa shape index (κ3) is 3.32. The molecule has 124 valence electrons. The Bertz CT molecular complexity index is 594. The number of rotatable bonds is 2. The quantitative estimate of drug-likeness (QED) is 0.430. The van der Waals surface area contributed by atoms with Crippen molar-refractivity contribution in [2.75, 3.05) is 18.0 Å². The number of primary amides is 1. The maximum absolute atomic E-state index is 13.5. The van der Waals surface area contributed by atoms with Gasteiger partial charge in [0.15, 0.2) is 0 Å². The van der Waals surface area contributed by atoms with Crippen LogP contribution >= 0.6 is 0 Å². The number of amides is 1. The first-order valence-electron chi connectivity index (χ1n) is 6.75. The molecule has 1 aliphatic rings. The van der Waals surface area contributed by atoms with Crippen LogP contribution in [0.2, 0.25) is 0 Å². The van der Waals surface area contributed by atoms with E-state index in [1.54, 1.807) is 11.8 Å². The maximum atomic E-state index is 13.5. The van der Waals surface area contributed by atoms with Crippen LogP contribution in [0.3, 0.4) is 0 Å². The van der Waals surface area contributed by atoms with E-state index in [0.717, 1.165) is 0 Å². The molecule has 9 heteroatoms. The first-order chi connectivity index (χ1) is 10.1. The summed E-state index contributed by atoms with van der Waals surface area (Å²) in [6, 6.07) is 0. The van der Waals surface area contributed by atoms with Crippen molar-refractivity contribution in [3.8, 4) is 0 Å². The van der Waals surface area contributed by atoms with Crippen molar-refractivity contribution in [3.63, 3.8) is 0 Å². The average Bonchev–Trinajstić information content (AvgIpc) is 2.39. The molecule has 1 atom stereocenters. The topological polar surface area (TPSA) is 59.2 Å². The van der Waals surface area contributed by atoms with Gasteiger partial charge in [-0.05, 0) is 25.6 Å². The van der Waals surface area contributed by atoms with Gasteiger partial charge in [-0.1, -0.05) is 6.92 Å². The van der Waals surface area contributed by atoms with Gasteiger partial charge < -0.3 is 15.0 Å². The molecule has 2 rings (SSSR count). The fraction of sp³-hybridized carbons (Fsp3) is 0.500. The van der Waals surface area contributed by atoms with E-state index in [-0.39, 0.29) is 48.5 Å². The van der Waals surface area contributed by atoms with E-state index in [2.05, 4.69) is 4.98 Å². The summed E-state index contributed by atoms with van der Waals surface area (Å²) in [5.74, 6) is -1.27. The number of piperidine rings is 1. The van der Waals surface area contributed by atoms with E-state index in [9.17, 15) is 22.4 Å². The Morgan fingerprint density at radius 3 is 2.57 bits per heavy atom. The fourth-order valence-corrected chi connectivity index (χ4v) is 2.61. The van der Waals surface area contributed by atoms with E-state index in [1.165, 1.54) is 6.92 Å². The molecule has 0 spiro atoms. The molecule has 1 amide bonds. The number of aromatic nitrogens is 1. The second kappa shape index (κ2) is 6.10. The number of nitrogens with two attached hydrogens (primary N) is 1. The molecule has 2 N–H and O–H groups in total. The number of anilines is 1. The van der Waals surface area contributed by atoms with Gasteiger partial charge in [0.25, 0.3) is 5.91 Å². The maximum Gasteiger partial charge on any atom is 0.418 e. The molecule has 0 unspecified atom stereocenters. The molecule has 1 aromatic heterocycles. The first kappa shape index (κ1) is 18.2. The summed E-state index contributed by atoms with van der Waals surface area (Å²) >= 11 is 0. The van der Waals surface area contributed by atoms with E-state index in [0.29, 0.717) is 6.20 Å². The molecule has 1 aliphatic heterocycles. The van der Waals surface area contributed by atoms with Gasteiger partial charge in [0.2, 0.25) is 0 Å². The minimum atomic E-state index is -4.62. The standard InChI is InChI=1S/C14H16F4N3O.Rf/c1-7-6-21(4-3-10(7)15)13-11(12(19)22)8(2)9(5-20-13)14(16,17)18;/h5,7H,3-4,6H2,1-2H3,(H2,19,22);/q-1;/t7-;/m1./s1. The molecule has 0 bridgehead atoms. The number of alkyl halides is 3. The summed E-state index contributed by atoms with van der Waals surface area (Å²) in [4.78, 5) is 17.0. The zero-order valence-electron chi connectivity index (χ0n) is 12.9. The molecule has 2 heterocycles. The Hall–Kier alpha value is -2.86. The Labute approximate surface area is 125 Å². The molecule has 0 saturated carbocycles. The van der Waals surface area contributed by atoms with Gasteiger partial charge in [-0.3, -0.25) is 4.79 Å². The Balaban J connectivity index is 0.00000264. The van der Waals surface area contributed by atoms with Crippen LogP contribution in [0.5, 0.6) is 0 Å². The molecular weight excluding hydrogens is 569 g/mol. The molecule has 0 radical (unpaired) electrons. The van der Waals surface area contributed by atoms with Crippen molar-refractivity contribution in [2.24, 2.45) is 11.7 Å². The number of hydrogen-bond acceptors (Lipinski definition) is 3. The van der Waals surface area contributed by atoms with Crippen LogP contribution in [-0.2, 0) is 6.18 Å². The summed E-state index contributed by atoms with van der Waals surface area (Å²) in [7, 11) is 0. The summed E-state index contributed by atoms with van der Waals surface area (Å²) in [5.41, 5.74) is 3.73. The summed E-state index contributed by atoms with van der Waals surface area (Å²) < 4.78 is 52.2. The van der Waals surface area contributed by atoms with Gasteiger partial charge in [-0.15, -0.1) is 18.5 Å². The van der Waals surface area contributed by atoms with Crippen LogP contribution in [0.4, 0.5) is 23.4 Å². The van der Waals surface area contributed by atoms with Crippen LogP contribution in [0.15, 0.2) is 6.20 Å². The van der Waals surface area contributed by atoms with Gasteiger partial charge in [-0.2, -0.15) is 13.2 Å². The minimum absolute atomic E-state index is 0. The summed E-state index contributed by atoms with van der Waals surface area (Å²) in [5, 5.41) is 0. The third-order valence-corrected chi connectivity index (χ3v) is 3.82. The number of carbonyl (C=O) groups excluding carboxylic acids is 1. The number of nitrogens with zero attached hydrogens (tertiary/aromatic N) is 2. The summed E-state index contributed by atoms with van der Waals surface area (Å²) in [6.45, 7) is 3.34. The molecule has 4 nitrogen and oxygen atoms in total. The van der Waals surface area contributed by atoms with Crippen molar-refractivity contribution < 1.29 is 22.4 Å². The van der Waals surface area contributed by atoms with Crippen molar-refractivity contribution in [1.82, 2.24) is 4.98 Å². The van der Waals surface area contributed by atoms with Gasteiger partial charge in [0, 0.05) is 6.20 Å². The van der Waals surface area contributed by atoms with Crippen molar-refractivity contribution in [3.05, 3.63) is 29.1 Å². The number of carbonyl (C=O) groups is 1. The number of pyridine rings is 1. The SMILES string of the molecule is Cc1c(C(F)(F)F)cnc(N2CC[C-](F)[C@H](C)C2)c1C(N)=O.[Rf]. The molecule has 0 aliphatic carbocycles. The Morgan fingerprint density at radius 2 is 2.09 bits per heavy atom. The third-order valence-electron chi connectivity index (χ3n) is 3.82. The predicted molar refractivity (Wildman–Crippen MR) is 72.8 cm³/mol. The predicted octanol–water partition coefficient (Wildman–Crippen LogP) is 2.86. The number of halogens is 4. The van der Waals surface area contributed by atoms with E-state index in [4.69, 9.17) is 5.73 Å². The van der Waals surface area contributed by atoms with Crippen LogP contribution in [0, 0.1) is 19.0 Å². The molecule has 1 fully saturated rings. The first-order valence-corrected chi connectivity index (χ1v) is 6.75. The average molecular weight is 585 g/mol. The smallest absolute Gasteiger partial charge is 0.418 e. The summed E-state index contributed by atoms with van der Waals surface area (Å²) in [6.07, 6.45) is -3.94. The Kier molecular flexibility index (Phi) is 4.82. The monoisotopic (exact) mass is 585 g/mol. The molecule has 1 aromatic rings. The zero-order valence-corrected chi connectivity index (χ0v) is 19.3. The van der Waals surface area contributed by atoms with Gasteiger partial charge >= 0.3 is 6.18 Å². The van der Waals surface area contributed by atoms with E-state index < -0.39 is 17.6 Å². The van der Waals surface area contributed by atoms with Crippen LogP contribution in [0.1, 0.15) is 34.8 Å². The van der Waals surface area contributed by atoms with Crippen molar-refractivity contribution in [1.29, 1.82) is 0 Å². The fourth-order valence-electron chi connectivity index (χ4n) is 2.61. The van der Waals surface area contributed by atoms with Gasteiger partial charge in [0.1, 0.15) is 5.82 Å². The van der Waals surface area contributed by atoms with E-state index >= 15 is 0 Å². The van der Waals surface area contributed by atoms with Crippen LogP contribution in [-0.4, -0.2) is 24.0 Å². The second-order valence-electron chi connectivity index (χ2n) is 5.40. The van der Waals surface area contributed by atoms with Crippen molar-refractivity contribution in [2.45, 2.75) is 26.4 Å². The Morgan fingerprint density at radius 1 is 1.48 bits per heavy atom. The molecule has 0 aromatic carbocycles. The molecule has 23 heavy (non-hydrogen) atoms. The minimum Gasteiger partial charge on any atom is -0.456 e. The zero-order chi connectivity index (χ0) is 16.7. The largest absolute Gasteiger partial charge is 0.456 e. The number of hydrogen-bond donors (Lipinski definition) is 1. The second-order valence-corrected chi connectivity index (χ2v) is 5.40. The molecular formula is C14H16F4N3ORf-. The van der Waals surface area contributed by atoms with Gasteiger partial charge in [0.05, 0.1) is 11.1 Å².